The number of rotatable bonds is 8. The van der Waals surface area contributed by atoms with Gasteiger partial charge in [0.1, 0.15) is 0 Å². The molecule has 0 radical (unpaired) electrons. The van der Waals surface area contributed by atoms with Crippen molar-refractivity contribution in [2.45, 2.75) is 0 Å². The van der Waals surface area contributed by atoms with Crippen molar-refractivity contribution in [2.24, 2.45) is 4.99 Å². The third-order valence-electron chi connectivity index (χ3n) is 1.86. The van der Waals surface area contributed by atoms with E-state index in [4.69, 9.17) is 4.74 Å². The van der Waals surface area contributed by atoms with Crippen LogP contribution < -0.4 is 5.32 Å². The molecule has 0 unspecified atom stereocenters. The Hall–Kier alpha value is -1.68. The second-order valence-electron chi connectivity index (χ2n) is 3.11. The molecule has 0 aliphatic rings. The normalized spacial score (nSPS) is 10.5. The van der Waals surface area contributed by atoms with Gasteiger partial charge < -0.3 is 10.1 Å². The Morgan fingerprint density at radius 3 is 3.19 bits per heavy atom. The highest BCUT2D eigenvalue weighted by Gasteiger charge is 1.86. The minimum atomic E-state index is 0.649. The number of aromatic nitrogens is 1. The predicted molar refractivity (Wildman–Crippen MR) is 65.7 cm³/mol. The predicted octanol–water partition coefficient (Wildman–Crippen LogP) is 1.25. The Morgan fingerprint density at radius 2 is 2.44 bits per heavy atom. The van der Waals surface area contributed by atoms with E-state index in [2.05, 4.69) is 21.9 Å². The van der Waals surface area contributed by atoms with Gasteiger partial charge >= 0.3 is 0 Å². The molecule has 0 fully saturated rings. The number of hydrogen-bond acceptors (Lipinski definition) is 4. The summed E-state index contributed by atoms with van der Waals surface area (Å²) in [6.07, 6.45) is 6.81. The Labute approximate surface area is 96.1 Å². The van der Waals surface area contributed by atoms with Crippen LogP contribution in [-0.4, -0.2) is 37.4 Å². The van der Waals surface area contributed by atoms with Crippen LogP contribution in [0.2, 0.25) is 0 Å². The molecule has 0 bridgehead atoms. The summed E-state index contributed by atoms with van der Waals surface area (Å²) < 4.78 is 4.96. The second kappa shape index (κ2) is 8.61. The number of hydrogen-bond donors (Lipinski definition) is 1. The first-order valence-corrected chi connectivity index (χ1v) is 5.26. The van der Waals surface area contributed by atoms with Gasteiger partial charge in [0.15, 0.2) is 0 Å². The van der Waals surface area contributed by atoms with Crippen molar-refractivity contribution in [1.29, 1.82) is 0 Å². The third-order valence-corrected chi connectivity index (χ3v) is 1.86. The fourth-order valence-corrected chi connectivity index (χ4v) is 1.11. The topological polar surface area (TPSA) is 46.5 Å². The lowest BCUT2D eigenvalue weighted by Gasteiger charge is -2.01. The van der Waals surface area contributed by atoms with Crippen LogP contribution in [0.15, 0.2) is 42.4 Å². The van der Waals surface area contributed by atoms with E-state index >= 15 is 0 Å². The molecule has 0 aliphatic heterocycles. The van der Waals surface area contributed by atoms with E-state index in [9.17, 15) is 0 Å². The summed E-state index contributed by atoms with van der Waals surface area (Å²) in [4.78, 5) is 8.27. The van der Waals surface area contributed by atoms with Gasteiger partial charge in [0.05, 0.1) is 19.4 Å². The van der Waals surface area contributed by atoms with Crippen molar-refractivity contribution in [1.82, 2.24) is 10.3 Å². The van der Waals surface area contributed by atoms with Crippen LogP contribution in [0.5, 0.6) is 0 Å². The molecule has 0 aliphatic carbocycles. The molecular weight excluding hydrogens is 202 g/mol. The van der Waals surface area contributed by atoms with Gasteiger partial charge in [-0.15, -0.1) is 0 Å². The van der Waals surface area contributed by atoms with E-state index in [1.807, 2.05) is 18.3 Å². The van der Waals surface area contributed by atoms with Gasteiger partial charge in [-0.1, -0.05) is 12.6 Å². The van der Waals surface area contributed by atoms with Gasteiger partial charge in [0.2, 0.25) is 0 Å². The van der Waals surface area contributed by atoms with Crippen LogP contribution in [0.4, 0.5) is 0 Å². The van der Waals surface area contributed by atoms with Gasteiger partial charge in [0, 0.05) is 37.3 Å². The molecule has 0 aromatic carbocycles. The molecule has 1 N–H and O–H groups in total. The number of pyridine rings is 1. The minimum Gasteiger partial charge on any atom is -0.500 e. The summed E-state index contributed by atoms with van der Waals surface area (Å²) in [5, 5.41) is 3.20. The van der Waals surface area contributed by atoms with Crippen LogP contribution in [0.1, 0.15) is 5.56 Å². The number of ether oxygens (including phenoxy) is 1. The molecule has 4 heteroatoms. The van der Waals surface area contributed by atoms with Crippen LogP contribution >= 0.6 is 0 Å². The molecular formula is C12H17N3O. The number of nitrogens with one attached hydrogen (secondary N) is 1. The SMILES string of the molecule is C=COCCNCCN=Cc1cccnc1. The first kappa shape index (κ1) is 12.4. The molecule has 1 heterocycles. The lowest BCUT2D eigenvalue weighted by Crippen LogP contribution is -2.21. The smallest absolute Gasteiger partial charge is 0.0997 e. The summed E-state index contributed by atoms with van der Waals surface area (Å²) in [6, 6.07) is 3.87. The molecule has 1 aromatic heterocycles. The standard InChI is InChI=1S/C12H17N3O/c1-2-16-9-8-13-6-7-15-11-12-4-3-5-14-10-12/h2-5,10-11,13H,1,6-9H2. The minimum absolute atomic E-state index is 0.649. The zero-order valence-electron chi connectivity index (χ0n) is 9.30. The van der Waals surface area contributed by atoms with E-state index in [1.165, 1.54) is 6.26 Å². The molecule has 86 valence electrons. The summed E-state index contributed by atoms with van der Waals surface area (Å²) in [5.74, 6) is 0. The maximum Gasteiger partial charge on any atom is 0.0997 e. The molecule has 0 spiro atoms. The Bertz CT molecular complexity index is 311. The van der Waals surface area contributed by atoms with E-state index in [1.54, 1.807) is 12.4 Å². The van der Waals surface area contributed by atoms with Gasteiger partial charge in [0.25, 0.3) is 0 Å². The summed E-state index contributed by atoms with van der Waals surface area (Å²) >= 11 is 0. The summed E-state index contributed by atoms with van der Waals surface area (Å²) in [7, 11) is 0. The van der Waals surface area contributed by atoms with Crippen molar-refractivity contribution >= 4 is 6.21 Å². The molecule has 16 heavy (non-hydrogen) atoms. The average molecular weight is 219 g/mol. The van der Waals surface area contributed by atoms with Crippen LogP contribution in [0.3, 0.4) is 0 Å². The quantitative estimate of drug-likeness (QED) is 0.406. The lowest BCUT2D eigenvalue weighted by atomic mass is 10.3. The highest BCUT2D eigenvalue weighted by atomic mass is 16.5. The first-order chi connectivity index (χ1) is 7.93. The van der Waals surface area contributed by atoms with Gasteiger partial charge in [-0.2, -0.15) is 0 Å². The third kappa shape index (κ3) is 5.93. The highest BCUT2D eigenvalue weighted by Crippen LogP contribution is 1.89. The fraction of sp³-hybridized carbons (Fsp3) is 0.333. The highest BCUT2D eigenvalue weighted by molar-refractivity contribution is 5.78. The van der Waals surface area contributed by atoms with Crippen molar-refractivity contribution in [2.75, 3.05) is 26.2 Å². The Morgan fingerprint density at radius 1 is 1.50 bits per heavy atom. The monoisotopic (exact) mass is 219 g/mol. The van der Waals surface area contributed by atoms with E-state index in [0.717, 1.165) is 25.2 Å². The largest absolute Gasteiger partial charge is 0.500 e. The summed E-state index contributed by atoms with van der Waals surface area (Å²) in [6.45, 7) is 6.52. The summed E-state index contributed by atoms with van der Waals surface area (Å²) in [5.41, 5.74) is 1.03. The number of nitrogens with zero attached hydrogens (tertiary/aromatic N) is 2. The fourth-order valence-electron chi connectivity index (χ4n) is 1.11. The van der Waals surface area contributed by atoms with Gasteiger partial charge in [-0.3, -0.25) is 9.98 Å². The zero-order chi connectivity index (χ0) is 11.5. The molecule has 0 saturated carbocycles. The maximum atomic E-state index is 4.96. The molecule has 1 aromatic rings. The van der Waals surface area contributed by atoms with Crippen molar-refractivity contribution in [3.63, 3.8) is 0 Å². The number of aliphatic imine (C=N–C) groups is 1. The molecule has 0 amide bonds. The van der Waals surface area contributed by atoms with Crippen LogP contribution in [-0.2, 0) is 4.74 Å². The van der Waals surface area contributed by atoms with Crippen LogP contribution in [0, 0.1) is 0 Å². The van der Waals surface area contributed by atoms with E-state index in [0.29, 0.717) is 6.61 Å². The first-order valence-electron chi connectivity index (χ1n) is 5.26. The molecule has 4 nitrogen and oxygen atoms in total. The molecule has 0 atom stereocenters. The average Bonchev–Trinajstić information content (AvgIpc) is 2.34. The van der Waals surface area contributed by atoms with Crippen molar-refractivity contribution in [3.05, 3.63) is 42.9 Å². The van der Waals surface area contributed by atoms with Gasteiger partial charge in [-0.25, -0.2) is 0 Å². The molecule has 0 saturated heterocycles. The molecule has 1 rings (SSSR count). The Balaban J connectivity index is 2.03. The van der Waals surface area contributed by atoms with Gasteiger partial charge in [-0.05, 0) is 6.07 Å². The zero-order valence-corrected chi connectivity index (χ0v) is 9.30. The van der Waals surface area contributed by atoms with E-state index < -0.39 is 0 Å². The lowest BCUT2D eigenvalue weighted by molar-refractivity contribution is 0.251. The van der Waals surface area contributed by atoms with E-state index in [-0.39, 0.29) is 0 Å². The second-order valence-corrected chi connectivity index (χ2v) is 3.11. The van der Waals surface area contributed by atoms with Crippen LogP contribution in [0.25, 0.3) is 0 Å². The Kier molecular flexibility index (Phi) is 6.67. The van der Waals surface area contributed by atoms with Crippen molar-refractivity contribution < 1.29 is 4.74 Å². The van der Waals surface area contributed by atoms with Crippen molar-refractivity contribution in [3.8, 4) is 0 Å². The maximum absolute atomic E-state index is 4.96.